The number of carbonyl (C=O) groups excluding carboxylic acids is 1. The second-order valence-electron chi connectivity index (χ2n) is 7.38. The maximum Gasteiger partial charge on any atom is 0.231 e. The molecule has 0 bridgehead atoms. The van der Waals surface area contributed by atoms with Crippen LogP contribution in [-0.4, -0.2) is 19.6 Å². The van der Waals surface area contributed by atoms with E-state index in [1.165, 1.54) is 0 Å². The Hall–Kier alpha value is -3.01. The number of methoxy groups -OCH3 is 1. The Kier molecular flexibility index (Phi) is 6.19. The molecular weight excluding hydrogens is 350 g/mol. The largest absolute Gasteiger partial charge is 0.497 e. The van der Waals surface area contributed by atoms with Crippen LogP contribution >= 0.6 is 0 Å². The van der Waals surface area contributed by atoms with Crippen molar-refractivity contribution >= 4 is 22.4 Å². The summed E-state index contributed by atoms with van der Waals surface area (Å²) in [5.74, 6) is 1.59. The molecule has 0 aliphatic carbocycles. The topological polar surface area (TPSA) is 47.6 Å². The molecule has 0 unspecified atom stereocenters. The van der Waals surface area contributed by atoms with Crippen LogP contribution in [0.15, 0.2) is 60.7 Å². The molecule has 0 aliphatic heterocycles. The molecule has 0 heterocycles. The summed E-state index contributed by atoms with van der Waals surface area (Å²) in [6.07, 6.45) is 0. The third kappa shape index (κ3) is 4.63. The minimum atomic E-state index is -0.287. The average Bonchev–Trinajstić information content (AvgIpc) is 2.71. The zero-order valence-corrected chi connectivity index (χ0v) is 16.9. The zero-order valence-electron chi connectivity index (χ0n) is 16.9. The predicted octanol–water partition coefficient (Wildman–Crippen LogP) is 5.63. The lowest BCUT2D eigenvalue weighted by molar-refractivity contribution is -0.117. The highest BCUT2D eigenvalue weighted by Gasteiger charge is 2.17. The van der Waals surface area contributed by atoms with Crippen LogP contribution in [0, 0.1) is 5.92 Å². The van der Waals surface area contributed by atoms with E-state index < -0.39 is 0 Å². The van der Waals surface area contributed by atoms with Crippen molar-refractivity contribution in [2.45, 2.75) is 26.7 Å². The van der Waals surface area contributed by atoms with Crippen molar-refractivity contribution < 1.29 is 14.3 Å². The van der Waals surface area contributed by atoms with Crippen molar-refractivity contribution in [2.24, 2.45) is 5.92 Å². The van der Waals surface area contributed by atoms with Gasteiger partial charge in [-0.3, -0.25) is 4.79 Å². The van der Waals surface area contributed by atoms with Gasteiger partial charge in [-0.15, -0.1) is 0 Å². The van der Waals surface area contributed by atoms with Crippen LogP contribution in [0.25, 0.3) is 10.8 Å². The monoisotopic (exact) mass is 377 g/mol. The Morgan fingerprint density at radius 3 is 2.43 bits per heavy atom. The van der Waals surface area contributed by atoms with Gasteiger partial charge in [-0.05, 0) is 53.4 Å². The van der Waals surface area contributed by atoms with Gasteiger partial charge in [0.05, 0.1) is 25.3 Å². The fraction of sp³-hybridized carbons (Fsp3) is 0.292. The summed E-state index contributed by atoms with van der Waals surface area (Å²) in [7, 11) is 1.66. The summed E-state index contributed by atoms with van der Waals surface area (Å²) < 4.78 is 11.1. The molecule has 3 rings (SSSR count). The lowest BCUT2D eigenvalue weighted by Crippen LogP contribution is -2.19. The van der Waals surface area contributed by atoms with Gasteiger partial charge in [0.1, 0.15) is 11.5 Å². The summed E-state index contributed by atoms with van der Waals surface area (Å²) in [4.78, 5) is 12.9. The van der Waals surface area contributed by atoms with Crippen LogP contribution in [0.2, 0.25) is 0 Å². The summed E-state index contributed by atoms with van der Waals surface area (Å²) >= 11 is 0. The summed E-state index contributed by atoms with van der Waals surface area (Å²) in [5, 5.41) is 5.18. The van der Waals surface area contributed by atoms with Gasteiger partial charge in [-0.1, -0.05) is 50.2 Å². The maximum atomic E-state index is 12.9. The molecule has 4 heteroatoms. The van der Waals surface area contributed by atoms with Crippen molar-refractivity contribution in [1.29, 1.82) is 0 Å². The Labute approximate surface area is 166 Å². The molecule has 3 aromatic carbocycles. The summed E-state index contributed by atoms with van der Waals surface area (Å²) in [5.41, 5.74) is 1.67. The molecule has 3 aromatic rings. The molecule has 146 valence electrons. The van der Waals surface area contributed by atoms with E-state index in [0.29, 0.717) is 24.0 Å². The molecule has 0 saturated heterocycles. The highest BCUT2D eigenvalue weighted by Crippen LogP contribution is 2.28. The standard InChI is InChI=1S/C24H27NO3/c1-16(2)15-28-23-8-6-5-7-22(23)25-24(26)17(3)18-9-10-20-14-21(27-4)12-11-19(20)13-18/h5-14,16-17H,15H2,1-4H3,(H,25,26)/t17-/m0/s1. The fourth-order valence-corrected chi connectivity index (χ4v) is 2.98. The van der Waals surface area contributed by atoms with Crippen molar-refractivity contribution in [3.63, 3.8) is 0 Å². The number of ether oxygens (including phenoxy) is 2. The molecule has 28 heavy (non-hydrogen) atoms. The van der Waals surface area contributed by atoms with Crippen LogP contribution in [0.4, 0.5) is 5.69 Å². The molecule has 1 N–H and O–H groups in total. The molecule has 0 spiro atoms. The van der Waals surface area contributed by atoms with Gasteiger partial charge in [0.2, 0.25) is 5.91 Å². The molecule has 0 aliphatic rings. The number of amides is 1. The number of nitrogens with one attached hydrogen (secondary N) is 1. The van der Waals surface area contributed by atoms with Crippen LogP contribution in [0.1, 0.15) is 32.3 Å². The van der Waals surface area contributed by atoms with E-state index in [4.69, 9.17) is 9.47 Å². The van der Waals surface area contributed by atoms with Crippen molar-refractivity contribution in [2.75, 3.05) is 19.0 Å². The minimum absolute atomic E-state index is 0.0616. The quantitative estimate of drug-likeness (QED) is 0.581. The second kappa shape index (κ2) is 8.79. The van der Waals surface area contributed by atoms with E-state index >= 15 is 0 Å². The van der Waals surface area contributed by atoms with E-state index in [1.807, 2.05) is 61.5 Å². The van der Waals surface area contributed by atoms with Crippen LogP contribution < -0.4 is 14.8 Å². The molecule has 0 radical (unpaired) electrons. The van der Waals surface area contributed by atoms with E-state index in [-0.39, 0.29) is 11.8 Å². The first kappa shape index (κ1) is 19.7. The highest BCUT2D eigenvalue weighted by molar-refractivity contribution is 5.97. The van der Waals surface area contributed by atoms with Gasteiger partial charge in [-0.25, -0.2) is 0 Å². The number of anilines is 1. The minimum Gasteiger partial charge on any atom is -0.497 e. The third-order valence-electron chi connectivity index (χ3n) is 4.68. The van der Waals surface area contributed by atoms with E-state index in [2.05, 4.69) is 25.2 Å². The lowest BCUT2D eigenvalue weighted by atomic mass is 9.97. The van der Waals surface area contributed by atoms with Gasteiger partial charge in [-0.2, -0.15) is 0 Å². The third-order valence-corrected chi connectivity index (χ3v) is 4.68. The van der Waals surface area contributed by atoms with Gasteiger partial charge in [0, 0.05) is 0 Å². The summed E-state index contributed by atoms with van der Waals surface area (Å²) in [6, 6.07) is 19.6. The van der Waals surface area contributed by atoms with E-state index in [0.717, 1.165) is 22.1 Å². The smallest absolute Gasteiger partial charge is 0.231 e. The van der Waals surface area contributed by atoms with E-state index in [9.17, 15) is 4.79 Å². The molecule has 0 saturated carbocycles. The van der Waals surface area contributed by atoms with E-state index in [1.54, 1.807) is 7.11 Å². The second-order valence-corrected chi connectivity index (χ2v) is 7.38. The Balaban J connectivity index is 1.77. The predicted molar refractivity (Wildman–Crippen MR) is 114 cm³/mol. The molecule has 0 fully saturated rings. The van der Waals surface area contributed by atoms with Crippen molar-refractivity contribution in [1.82, 2.24) is 0 Å². The van der Waals surface area contributed by atoms with Gasteiger partial charge in [0.15, 0.2) is 0 Å². The van der Waals surface area contributed by atoms with Gasteiger partial charge >= 0.3 is 0 Å². The Bertz CT molecular complexity index is 965. The number of rotatable bonds is 7. The molecule has 1 amide bonds. The molecular formula is C24H27NO3. The zero-order chi connectivity index (χ0) is 20.1. The first-order valence-electron chi connectivity index (χ1n) is 9.58. The number of fused-ring (bicyclic) bond motifs is 1. The molecule has 1 atom stereocenters. The van der Waals surface area contributed by atoms with Gasteiger partial charge < -0.3 is 14.8 Å². The first-order valence-corrected chi connectivity index (χ1v) is 9.58. The average molecular weight is 377 g/mol. The highest BCUT2D eigenvalue weighted by atomic mass is 16.5. The molecule has 0 aromatic heterocycles. The number of para-hydroxylation sites is 2. The number of benzene rings is 3. The number of carbonyl (C=O) groups is 1. The van der Waals surface area contributed by atoms with Crippen LogP contribution in [0.5, 0.6) is 11.5 Å². The maximum absolute atomic E-state index is 12.9. The summed E-state index contributed by atoms with van der Waals surface area (Å²) in [6.45, 7) is 6.71. The Morgan fingerprint density at radius 2 is 1.68 bits per heavy atom. The van der Waals surface area contributed by atoms with Crippen molar-refractivity contribution in [3.05, 3.63) is 66.2 Å². The SMILES string of the molecule is COc1ccc2cc([C@H](C)C(=O)Nc3ccccc3OCC(C)C)ccc2c1. The number of hydrogen-bond acceptors (Lipinski definition) is 3. The van der Waals surface area contributed by atoms with Crippen LogP contribution in [0.3, 0.4) is 0 Å². The van der Waals surface area contributed by atoms with Crippen LogP contribution in [-0.2, 0) is 4.79 Å². The lowest BCUT2D eigenvalue weighted by Gasteiger charge is -2.17. The van der Waals surface area contributed by atoms with Crippen molar-refractivity contribution in [3.8, 4) is 11.5 Å². The Morgan fingerprint density at radius 1 is 0.964 bits per heavy atom. The first-order chi connectivity index (χ1) is 13.5. The number of hydrogen-bond donors (Lipinski definition) is 1. The molecule has 4 nitrogen and oxygen atoms in total. The normalized spacial score (nSPS) is 12.0. The fourth-order valence-electron chi connectivity index (χ4n) is 2.98. The van der Waals surface area contributed by atoms with Gasteiger partial charge in [0.25, 0.3) is 0 Å².